The highest BCUT2D eigenvalue weighted by Gasteiger charge is 2.06. The molecule has 5 heteroatoms. The minimum Gasteiger partial charge on any atom is -0.312 e. The summed E-state index contributed by atoms with van der Waals surface area (Å²) in [7, 11) is 0. The first-order valence-electron chi connectivity index (χ1n) is 6.01. The molecule has 0 amide bonds. The number of nitrogens with zero attached hydrogens (tertiary/aromatic N) is 3. The van der Waals surface area contributed by atoms with Crippen LogP contribution in [0.1, 0.15) is 19.4 Å². The zero-order chi connectivity index (χ0) is 13.0. The lowest BCUT2D eigenvalue weighted by Crippen LogP contribution is -2.20. The van der Waals surface area contributed by atoms with Crippen LogP contribution >= 0.6 is 11.6 Å². The van der Waals surface area contributed by atoms with Gasteiger partial charge in [-0.05, 0) is 18.5 Å². The van der Waals surface area contributed by atoms with Gasteiger partial charge in [0.15, 0.2) is 0 Å². The summed E-state index contributed by atoms with van der Waals surface area (Å²) >= 11 is 5.89. The van der Waals surface area contributed by atoms with E-state index in [0.717, 1.165) is 24.3 Å². The highest BCUT2D eigenvalue weighted by molar-refractivity contribution is 6.30. The van der Waals surface area contributed by atoms with Crippen LogP contribution in [-0.2, 0) is 6.54 Å². The van der Waals surface area contributed by atoms with Crippen LogP contribution in [0.25, 0.3) is 5.69 Å². The molecule has 2 rings (SSSR count). The van der Waals surface area contributed by atoms with Gasteiger partial charge in [0.05, 0.1) is 16.9 Å². The van der Waals surface area contributed by atoms with Crippen molar-refractivity contribution in [2.45, 2.75) is 20.4 Å². The molecule has 1 N–H and O–H groups in total. The zero-order valence-electron chi connectivity index (χ0n) is 10.6. The van der Waals surface area contributed by atoms with E-state index in [1.54, 1.807) is 23.3 Å². The topological polar surface area (TPSA) is 42.7 Å². The summed E-state index contributed by atoms with van der Waals surface area (Å²) in [6.07, 6.45) is 7.05. The van der Waals surface area contributed by atoms with Crippen LogP contribution in [0.2, 0.25) is 5.02 Å². The van der Waals surface area contributed by atoms with Gasteiger partial charge in [-0.25, -0.2) is 4.68 Å². The molecule has 0 spiro atoms. The number of pyridine rings is 1. The van der Waals surface area contributed by atoms with Crippen LogP contribution in [0.15, 0.2) is 30.9 Å². The van der Waals surface area contributed by atoms with Crippen molar-refractivity contribution < 1.29 is 0 Å². The Morgan fingerprint density at radius 3 is 2.89 bits per heavy atom. The fourth-order valence-electron chi connectivity index (χ4n) is 1.71. The Balaban J connectivity index is 2.15. The van der Waals surface area contributed by atoms with Crippen LogP contribution < -0.4 is 5.32 Å². The SMILES string of the molecule is CC(C)CNCc1cnccc1-n1cc(Cl)cn1. The molecule has 0 fully saturated rings. The number of hydrogen-bond donors (Lipinski definition) is 1. The second-order valence-corrected chi connectivity index (χ2v) is 5.07. The summed E-state index contributed by atoms with van der Waals surface area (Å²) in [5.41, 5.74) is 2.12. The van der Waals surface area contributed by atoms with Crippen LogP contribution in [0.3, 0.4) is 0 Å². The van der Waals surface area contributed by atoms with E-state index in [1.807, 2.05) is 12.3 Å². The summed E-state index contributed by atoms with van der Waals surface area (Å²) < 4.78 is 1.77. The van der Waals surface area contributed by atoms with Gasteiger partial charge >= 0.3 is 0 Å². The van der Waals surface area contributed by atoms with Gasteiger partial charge in [0, 0.05) is 30.7 Å². The number of nitrogens with one attached hydrogen (secondary N) is 1. The van der Waals surface area contributed by atoms with Gasteiger partial charge in [0.25, 0.3) is 0 Å². The Kier molecular flexibility index (Phi) is 4.33. The lowest BCUT2D eigenvalue weighted by Gasteiger charge is -2.11. The predicted molar refractivity (Wildman–Crippen MR) is 72.9 cm³/mol. The summed E-state index contributed by atoms with van der Waals surface area (Å²) in [5.74, 6) is 0.629. The first-order chi connectivity index (χ1) is 8.66. The molecule has 0 aromatic carbocycles. The Labute approximate surface area is 112 Å². The minimum absolute atomic E-state index is 0.629. The summed E-state index contributed by atoms with van der Waals surface area (Å²) in [4.78, 5) is 4.16. The molecular weight excluding hydrogens is 248 g/mol. The Bertz CT molecular complexity index is 507. The molecule has 0 saturated heterocycles. The van der Waals surface area contributed by atoms with E-state index in [0.29, 0.717) is 10.9 Å². The molecule has 0 radical (unpaired) electrons. The molecule has 2 heterocycles. The quantitative estimate of drug-likeness (QED) is 0.903. The Morgan fingerprint density at radius 1 is 1.39 bits per heavy atom. The van der Waals surface area contributed by atoms with Gasteiger partial charge in [0.2, 0.25) is 0 Å². The van der Waals surface area contributed by atoms with E-state index in [-0.39, 0.29) is 0 Å². The van der Waals surface area contributed by atoms with Gasteiger partial charge in [-0.2, -0.15) is 5.10 Å². The monoisotopic (exact) mass is 264 g/mol. The largest absolute Gasteiger partial charge is 0.312 e. The maximum absolute atomic E-state index is 5.89. The standard InChI is InChI=1S/C13H17ClN4/c1-10(2)5-16-7-11-6-15-4-3-13(11)18-9-12(14)8-17-18/h3-4,6,8-10,16H,5,7H2,1-2H3. The van der Waals surface area contributed by atoms with E-state index in [1.165, 1.54) is 0 Å². The van der Waals surface area contributed by atoms with E-state index >= 15 is 0 Å². The molecule has 4 nitrogen and oxygen atoms in total. The summed E-state index contributed by atoms with van der Waals surface area (Å²) in [5, 5.41) is 8.26. The van der Waals surface area contributed by atoms with Gasteiger partial charge in [0.1, 0.15) is 0 Å². The summed E-state index contributed by atoms with van der Waals surface area (Å²) in [6.45, 7) is 6.13. The lowest BCUT2D eigenvalue weighted by molar-refractivity contribution is 0.550. The van der Waals surface area contributed by atoms with Crippen molar-refractivity contribution in [1.82, 2.24) is 20.1 Å². The van der Waals surface area contributed by atoms with E-state index in [4.69, 9.17) is 11.6 Å². The van der Waals surface area contributed by atoms with Crippen molar-refractivity contribution in [2.24, 2.45) is 5.92 Å². The minimum atomic E-state index is 0.629. The molecule has 0 atom stereocenters. The second-order valence-electron chi connectivity index (χ2n) is 4.63. The van der Waals surface area contributed by atoms with Gasteiger partial charge in [-0.15, -0.1) is 0 Å². The Morgan fingerprint density at radius 2 is 2.22 bits per heavy atom. The van der Waals surface area contributed by atoms with Crippen molar-refractivity contribution in [1.29, 1.82) is 0 Å². The van der Waals surface area contributed by atoms with Crippen LogP contribution in [-0.4, -0.2) is 21.3 Å². The highest BCUT2D eigenvalue weighted by Crippen LogP contribution is 2.15. The molecular formula is C13H17ClN4. The molecule has 0 aliphatic heterocycles. The van der Waals surface area contributed by atoms with E-state index in [9.17, 15) is 0 Å². The molecule has 0 saturated carbocycles. The maximum atomic E-state index is 5.89. The second kappa shape index (κ2) is 5.98. The van der Waals surface area contributed by atoms with E-state index in [2.05, 4.69) is 29.2 Å². The summed E-state index contributed by atoms with van der Waals surface area (Å²) in [6, 6.07) is 1.94. The fraction of sp³-hybridized carbons (Fsp3) is 0.385. The molecule has 96 valence electrons. The number of aromatic nitrogens is 3. The first kappa shape index (κ1) is 13.1. The van der Waals surface area contributed by atoms with Crippen LogP contribution in [0, 0.1) is 5.92 Å². The van der Waals surface area contributed by atoms with Gasteiger partial charge in [-0.3, -0.25) is 4.98 Å². The van der Waals surface area contributed by atoms with Gasteiger partial charge < -0.3 is 5.32 Å². The van der Waals surface area contributed by atoms with Crippen LogP contribution in [0.4, 0.5) is 0 Å². The van der Waals surface area contributed by atoms with Crippen molar-refractivity contribution >= 4 is 11.6 Å². The lowest BCUT2D eigenvalue weighted by atomic mass is 10.2. The van der Waals surface area contributed by atoms with Crippen molar-refractivity contribution in [2.75, 3.05) is 6.54 Å². The molecule has 2 aromatic rings. The predicted octanol–water partition coefficient (Wildman–Crippen LogP) is 2.67. The highest BCUT2D eigenvalue weighted by atomic mass is 35.5. The van der Waals surface area contributed by atoms with Crippen molar-refractivity contribution in [3.63, 3.8) is 0 Å². The molecule has 0 unspecified atom stereocenters. The average molecular weight is 265 g/mol. The van der Waals surface area contributed by atoms with Crippen LogP contribution in [0.5, 0.6) is 0 Å². The number of rotatable bonds is 5. The van der Waals surface area contributed by atoms with Gasteiger partial charge in [-0.1, -0.05) is 25.4 Å². The zero-order valence-corrected chi connectivity index (χ0v) is 11.4. The Hall–Kier alpha value is -1.39. The third kappa shape index (κ3) is 3.31. The normalized spacial score (nSPS) is 11.1. The number of hydrogen-bond acceptors (Lipinski definition) is 3. The third-order valence-electron chi connectivity index (χ3n) is 2.54. The third-order valence-corrected chi connectivity index (χ3v) is 2.74. The molecule has 0 aliphatic carbocycles. The maximum Gasteiger partial charge on any atom is 0.0790 e. The fourth-order valence-corrected chi connectivity index (χ4v) is 1.84. The van der Waals surface area contributed by atoms with Crippen molar-refractivity contribution in [3.8, 4) is 5.69 Å². The number of halogens is 1. The van der Waals surface area contributed by atoms with Crippen molar-refractivity contribution in [3.05, 3.63) is 41.4 Å². The smallest absolute Gasteiger partial charge is 0.0790 e. The molecule has 18 heavy (non-hydrogen) atoms. The molecule has 0 aliphatic rings. The average Bonchev–Trinajstić information content (AvgIpc) is 2.76. The molecule has 0 bridgehead atoms. The first-order valence-corrected chi connectivity index (χ1v) is 6.38. The van der Waals surface area contributed by atoms with E-state index < -0.39 is 0 Å². The molecule has 2 aromatic heterocycles.